The molecule has 5 heteroatoms. The van der Waals surface area contributed by atoms with Crippen molar-refractivity contribution in [2.75, 3.05) is 32.8 Å². The van der Waals surface area contributed by atoms with E-state index in [1.807, 2.05) is 24.3 Å². The molecule has 0 unspecified atom stereocenters. The lowest BCUT2D eigenvalue weighted by Gasteiger charge is -2.26. The average Bonchev–Trinajstić information content (AvgIpc) is 2.48. The summed E-state index contributed by atoms with van der Waals surface area (Å²) in [4.78, 5) is 25.4. The van der Waals surface area contributed by atoms with Crippen molar-refractivity contribution in [3.8, 4) is 0 Å². The van der Waals surface area contributed by atoms with E-state index in [9.17, 15) is 9.59 Å². The van der Waals surface area contributed by atoms with Crippen LogP contribution in [0.4, 0.5) is 0 Å². The van der Waals surface area contributed by atoms with Gasteiger partial charge in [0, 0.05) is 25.2 Å². The van der Waals surface area contributed by atoms with Crippen molar-refractivity contribution in [1.82, 2.24) is 10.2 Å². The van der Waals surface area contributed by atoms with Gasteiger partial charge >= 0.3 is 0 Å². The molecule has 120 valence electrons. The Morgan fingerprint density at radius 2 is 1.95 bits per heavy atom. The minimum atomic E-state index is -0.110. The molecule has 22 heavy (non-hydrogen) atoms. The molecule has 1 aromatic rings. The number of amides is 2. The number of hydrogen-bond donors (Lipinski definition) is 1. The number of carbonyl (C=O) groups excluding carboxylic acids is 2. The fourth-order valence-corrected chi connectivity index (χ4v) is 2.31. The van der Waals surface area contributed by atoms with Crippen LogP contribution in [0.1, 0.15) is 36.7 Å². The van der Waals surface area contributed by atoms with Gasteiger partial charge < -0.3 is 15.0 Å². The minimum absolute atomic E-state index is 0.0185. The Bertz CT molecular complexity index is 532. The molecule has 0 atom stereocenters. The lowest BCUT2D eigenvalue weighted by atomic mass is 9.87. The Morgan fingerprint density at radius 3 is 2.55 bits per heavy atom. The maximum absolute atomic E-state index is 12.1. The van der Waals surface area contributed by atoms with Crippen molar-refractivity contribution in [3.63, 3.8) is 0 Å². The molecule has 0 bridgehead atoms. The maximum Gasteiger partial charge on any atom is 0.251 e. The first-order valence-electron chi connectivity index (χ1n) is 7.62. The minimum Gasteiger partial charge on any atom is -0.370 e. The molecular formula is C17H24N2O3. The summed E-state index contributed by atoms with van der Waals surface area (Å²) in [5.74, 6) is -0.129. The smallest absolute Gasteiger partial charge is 0.251 e. The van der Waals surface area contributed by atoms with Gasteiger partial charge in [-0.25, -0.2) is 0 Å². The summed E-state index contributed by atoms with van der Waals surface area (Å²) in [6.45, 7) is 8.69. The molecule has 5 nitrogen and oxygen atoms in total. The number of hydrogen-bond acceptors (Lipinski definition) is 3. The number of ether oxygens (including phenoxy) is 1. The number of benzene rings is 1. The van der Waals surface area contributed by atoms with Gasteiger partial charge in [-0.2, -0.15) is 0 Å². The standard InChI is InChI=1S/C17H24N2O3/c1-17(2,3)14-6-4-13(5-7-14)16(21)18-8-9-19-10-11-22-12-15(19)20/h4-7H,8-12H2,1-3H3,(H,18,21). The highest BCUT2D eigenvalue weighted by atomic mass is 16.5. The van der Waals surface area contributed by atoms with Crippen molar-refractivity contribution < 1.29 is 14.3 Å². The summed E-state index contributed by atoms with van der Waals surface area (Å²) in [7, 11) is 0. The van der Waals surface area contributed by atoms with Crippen LogP contribution in [0, 0.1) is 0 Å². The molecular weight excluding hydrogens is 280 g/mol. The van der Waals surface area contributed by atoms with Crippen molar-refractivity contribution >= 4 is 11.8 Å². The summed E-state index contributed by atoms with van der Waals surface area (Å²) in [6.07, 6.45) is 0. The van der Waals surface area contributed by atoms with E-state index in [2.05, 4.69) is 26.1 Å². The molecule has 1 heterocycles. The van der Waals surface area contributed by atoms with E-state index >= 15 is 0 Å². The van der Waals surface area contributed by atoms with Crippen LogP contribution in [-0.4, -0.2) is 49.6 Å². The first-order chi connectivity index (χ1) is 10.4. The van der Waals surface area contributed by atoms with Gasteiger partial charge in [-0.1, -0.05) is 32.9 Å². The third-order valence-corrected chi connectivity index (χ3v) is 3.76. The largest absolute Gasteiger partial charge is 0.370 e. The molecule has 2 amide bonds. The van der Waals surface area contributed by atoms with Crippen LogP contribution in [0.5, 0.6) is 0 Å². The van der Waals surface area contributed by atoms with Crippen molar-refractivity contribution in [2.45, 2.75) is 26.2 Å². The molecule has 0 saturated carbocycles. The fourth-order valence-electron chi connectivity index (χ4n) is 2.31. The van der Waals surface area contributed by atoms with Gasteiger partial charge in [-0.15, -0.1) is 0 Å². The van der Waals surface area contributed by atoms with Crippen LogP contribution < -0.4 is 5.32 Å². The number of morpholine rings is 1. The van der Waals surface area contributed by atoms with Crippen LogP contribution in [-0.2, 0) is 14.9 Å². The van der Waals surface area contributed by atoms with E-state index < -0.39 is 0 Å². The molecule has 1 fully saturated rings. The molecule has 1 aliphatic rings. The Labute approximate surface area is 131 Å². The monoisotopic (exact) mass is 304 g/mol. The van der Waals surface area contributed by atoms with E-state index in [0.29, 0.717) is 31.8 Å². The van der Waals surface area contributed by atoms with Gasteiger partial charge in [-0.3, -0.25) is 9.59 Å². The number of nitrogens with one attached hydrogen (secondary N) is 1. The summed E-state index contributed by atoms with van der Waals surface area (Å²) < 4.78 is 5.07. The predicted molar refractivity (Wildman–Crippen MR) is 84.9 cm³/mol. The van der Waals surface area contributed by atoms with Gasteiger partial charge in [0.15, 0.2) is 0 Å². The van der Waals surface area contributed by atoms with Crippen molar-refractivity contribution in [1.29, 1.82) is 0 Å². The van der Waals surface area contributed by atoms with Crippen LogP contribution >= 0.6 is 0 Å². The molecule has 0 aliphatic carbocycles. The normalized spacial score (nSPS) is 15.8. The first-order valence-corrected chi connectivity index (χ1v) is 7.62. The zero-order valence-corrected chi connectivity index (χ0v) is 13.5. The van der Waals surface area contributed by atoms with Gasteiger partial charge in [-0.05, 0) is 23.1 Å². The lowest BCUT2D eigenvalue weighted by Crippen LogP contribution is -2.45. The molecule has 1 saturated heterocycles. The second-order valence-electron chi connectivity index (χ2n) is 6.52. The van der Waals surface area contributed by atoms with Crippen molar-refractivity contribution in [3.05, 3.63) is 35.4 Å². The molecule has 1 aromatic carbocycles. The Kier molecular flexibility index (Phi) is 5.19. The lowest BCUT2D eigenvalue weighted by molar-refractivity contribution is -0.142. The van der Waals surface area contributed by atoms with Gasteiger partial charge in [0.2, 0.25) is 5.91 Å². The van der Waals surface area contributed by atoms with Gasteiger partial charge in [0.05, 0.1) is 6.61 Å². The number of carbonyl (C=O) groups is 2. The molecule has 0 spiro atoms. The second kappa shape index (κ2) is 6.92. The highest BCUT2D eigenvalue weighted by molar-refractivity contribution is 5.94. The summed E-state index contributed by atoms with van der Waals surface area (Å²) in [5.41, 5.74) is 1.91. The first kappa shape index (κ1) is 16.5. The topological polar surface area (TPSA) is 58.6 Å². The third kappa shape index (κ3) is 4.31. The van der Waals surface area contributed by atoms with Gasteiger partial charge in [0.1, 0.15) is 6.61 Å². The third-order valence-electron chi connectivity index (χ3n) is 3.76. The Hall–Kier alpha value is -1.88. The fraction of sp³-hybridized carbons (Fsp3) is 0.529. The van der Waals surface area contributed by atoms with Crippen molar-refractivity contribution in [2.24, 2.45) is 0 Å². The SMILES string of the molecule is CC(C)(C)c1ccc(C(=O)NCCN2CCOCC2=O)cc1. The predicted octanol–water partition coefficient (Wildman–Crippen LogP) is 1.57. The molecule has 1 N–H and O–H groups in total. The molecule has 1 aliphatic heterocycles. The Morgan fingerprint density at radius 1 is 1.27 bits per heavy atom. The summed E-state index contributed by atoms with van der Waals surface area (Å²) in [5, 5.41) is 2.85. The Balaban J connectivity index is 1.83. The number of nitrogens with zero attached hydrogens (tertiary/aromatic N) is 1. The maximum atomic E-state index is 12.1. The average molecular weight is 304 g/mol. The summed E-state index contributed by atoms with van der Waals surface area (Å²) in [6, 6.07) is 7.66. The zero-order chi connectivity index (χ0) is 16.2. The quantitative estimate of drug-likeness (QED) is 0.918. The summed E-state index contributed by atoms with van der Waals surface area (Å²) >= 11 is 0. The van der Waals surface area contributed by atoms with E-state index in [-0.39, 0.29) is 23.8 Å². The highest BCUT2D eigenvalue weighted by Crippen LogP contribution is 2.22. The van der Waals surface area contributed by atoms with Gasteiger partial charge in [0.25, 0.3) is 5.91 Å². The zero-order valence-electron chi connectivity index (χ0n) is 13.5. The van der Waals surface area contributed by atoms with E-state index in [4.69, 9.17) is 4.74 Å². The molecule has 0 radical (unpaired) electrons. The van der Waals surface area contributed by atoms with E-state index in [1.54, 1.807) is 4.90 Å². The number of rotatable bonds is 4. The molecule has 0 aromatic heterocycles. The van der Waals surface area contributed by atoms with Crippen LogP contribution in [0.15, 0.2) is 24.3 Å². The highest BCUT2D eigenvalue weighted by Gasteiger charge is 2.18. The second-order valence-corrected chi connectivity index (χ2v) is 6.52. The van der Waals surface area contributed by atoms with Crippen LogP contribution in [0.25, 0.3) is 0 Å². The van der Waals surface area contributed by atoms with Crippen LogP contribution in [0.3, 0.4) is 0 Å². The van der Waals surface area contributed by atoms with E-state index in [0.717, 1.165) is 0 Å². The molecule has 2 rings (SSSR count). The van der Waals surface area contributed by atoms with Crippen LogP contribution in [0.2, 0.25) is 0 Å². The van der Waals surface area contributed by atoms with E-state index in [1.165, 1.54) is 5.56 Å².